The number of fused-ring (bicyclic) bond motifs is 1. The van der Waals surface area contributed by atoms with Crippen molar-refractivity contribution in [3.63, 3.8) is 0 Å². The molecule has 2 rings (SSSR count). The van der Waals surface area contributed by atoms with Crippen molar-refractivity contribution in [2.45, 2.75) is 90.9 Å². The van der Waals surface area contributed by atoms with Crippen molar-refractivity contribution in [2.75, 3.05) is 13.2 Å². The van der Waals surface area contributed by atoms with E-state index in [-0.39, 0.29) is 0 Å². The summed E-state index contributed by atoms with van der Waals surface area (Å²) in [5, 5.41) is 2.38. The lowest BCUT2D eigenvalue weighted by Crippen LogP contribution is -1.99. The number of unbranched alkanes of at least 4 members (excludes halogenated alkanes) is 10. The monoisotopic (exact) mass is 384 g/mol. The van der Waals surface area contributed by atoms with Crippen LogP contribution in [0.3, 0.4) is 0 Å². The molecule has 0 aromatic heterocycles. The lowest BCUT2D eigenvalue weighted by molar-refractivity contribution is 0.304. The van der Waals surface area contributed by atoms with Crippen LogP contribution >= 0.6 is 0 Å². The highest BCUT2D eigenvalue weighted by Crippen LogP contribution is 2.29. The van der Waals surface area contributed by atoms with Crippen molar-refractivity contribution in [1.82, 2.24) is 0 Å². The number of ether oxygens (including phenoxy) is 2. The number of rotatable bonds is 16. The van der Waals surface area contributed by atoms with Crippen molar-refractivity contribution in [1.29, 1.82) is 0 Å². The second kappa shape index (κ2) is 14.3. The topological polar surface area (TPSA) is 18.5 Å². The average molecular weight is 385 g/mol. The second-order valence-electron chi connectivity index (χ2n) is 7.87. The van der Waals surface area contributed by atoms with Gasteiger partial charge in [-0.05, 0) is 42.5 Å². The van der Waals surface area contributed by atoms with Gasteiger partial charge in [0.25, 0.3) is 0 Å². The first kappa shape index (κ1) is 22.6. The summed E-state index contributed by atoms with van der Waals surface area (Å²) in [6.07, 6.45) is 15.5. The van der Waals surface area contributed by atoms with Gasteiger partial charge >= 0.3 is 0 Å². The van der Waals surface area contributed by atoms with Gasteiger partial charge in [0.1, 0.15) is 11.5 Å². The van der Waals surface area contributed by atoms with Crippen LogP contribution in [-0.4, -0.2) is 13.2 Å². The van der Waals surface area contributed by atoms with Crippen LogP contribution in [0, 0.1) is 0 Å². The highest BCUT2D eigenvalue weighted by atomic mass is 16.5. The van der Waals surface area contributed by atoms with E-state index >= 15 is 0 Å². The lowest BCUT2D eigenvalue weighted by atomic mass is 10.1. The van der Waals surface area contributed by atoms with E-state index in [1.165, 1.54) is 75.0 Å². The number of hydrogen-bond donors (Lipinski definition) is 0. The van der Waals surface area contributed by atoms with Crippen LogP contribution in [0.5, 0.6) is 11.5 Å². The van der Waals surface area contributed by atoms with Gasteiger partial charge in [0, 0.05) is 5.39 Å². The highest BCUT2D eigenvalue weighted by Gasteiger charge is 2.04. The van der Waals surface area contributed by atoms with E-state index in [0.717, 1.165) is 37.6 Å². The standard InChI is InChI=1S/C26H40O2/c1-3-5-7-9-11-13-20-27-24-18-19-25-23(22-24)16-15-17-26(25)28-21-14-12-10-8-6-4-2/h15-19,22H,3-14,20-21H2,1-2H3. The third-order valence-electron chi connectivity index (χ3n) is 5.33. The minimum absolute atomic E-state index is 0.807. The molecule has 2 heteroatoms. The highest BCUT2D eigenvalue weighted by molar-refractivity contribution is 5.89. The van der Waals surface area contributed by atoms with Crippen LogP contribution in [0.25, 0.3) is 10.8 Å². The number of benzene rings is 2. The summed E-state index contributed by atoms with van der Waals surface area (Å²) in [6, 6.07) is 12.7. The third-order valence-corrected chi connectivity index (χ3v) is 5.33. The van der Waals surface area contributed by atoms with Crippen LogP contribution < -0.4 is 9.47 Å². The summed E-state index contributed by atoms with van der Waals surface area (Å²) < 4.78 is 12.0. The van der Waals surface area contributed by atoms with E-state index < -0.39 is 0 Å². The summed E-state index contributed by atoms with van der Waals surface area (Å²) in [5.74, 6) is 1.96. The molecule has 0 aliphatic carbocycles. The van der Waals surface area contributed by atoms with Gasteiger partial charge < -0.3 is 9.47 Å². The first-order valence-electron chi connectivity index (χ1n) is 11.6. The molecule has 0 N–H and O–H groups in total. The molecule has 0 atom stereocenters. The molecular formula is C26H40O2. The molecule has 28 heavy (non-hydrogen) atoms. The molecule has 0 amide bonds. The van der Waals surface area contributed by atoms with Crippen LogP contribution in [0.2, 0.25) is 0 Å². The summed E-state index contributed by atoms with van der Waals surface area (Å²) in [5.41, 5.74) is 0. The van der Waals surface area contributed by atoms with Gasteiger partial charge in [-0.1, -0.05) is 90.2 Å². The predicted molar refractivity (Wildman–Crippen MR) is 122 cm³/mol. The molecule has 0 fully saturated rings. The number of hydrogen-bond acceptors (Lipinski definition) is 2. The summed E-state index contributed by atoms with van der Waals surface area (Å²) in [7, 11) is 0. The van der Waals surface area contributed by atoms with Crippen molar-refractivity contribution in [3.8, 4) is 11.5 Å². The van der Waals surface area contributed by atoms with E-state index in [1.54, 1.807) is 0 Å². The fourth-order valence-electron chi connectivity index (χ4n) is 3.58. The molecule has 0 saturated carbocycles. The molecule has 2 nitrogen and oxygen atoms in total. The minimum atomic E-state index is 0.807. The van der Waals surface area contributed by atoms with Gasteiger partial charge in [-0.2, -0.15) is 0 Å². The zero-order chi connectivity index (χ0) is 19.9. The van der Waals surface area contributed by atoms with Crippen LogP contribution in [-0.2, 0) is 0 Å². The Hall–Kier alpha value is -1.70. The Bertz CT molecular complexity index is 650. The molecule has 156 valence electrons. The molecule has 0 radical (unpaired) electrons. The molecule has 0 bridgehead atoms. The Morgan fingerprint density at radius 3 is 1.89 bits per heavy atom. The smallest absolute Gasteiger partial charge is 0.127 e. The normalized spacial score (nSPS) is 11.1. The third kappa shape index (κ3) is 8.54. The Morgan fingerprint density at radius 2 is 1.21 bits per heavy atom. The summed E-state index contributed by atoms with van der Waals surface area (Å²) in [4.78, 5) is 0. The van der Waals surface area contributed by atoms with Gasteiger partial charge in [0.15, 0.2) is 0 Å². The summed E-state index contributed by atoms with van der Waals surface area (Å²) in [6.45, 7) is 6.13. The molecule has 0 aliphatic heterocycles. The average Bonchev–Trinajstić information content (AvgIpc) is 2.72. The fraction of sp³-hybridized carbons (Fsp3) is 0.615. The Morgan fingerprint density at radius 1 is 0.607 bits per heavy atom. The van der Waals surface area contributed by atoms with Crippen molar-refractivity contribution < 1.29 is 9.47 Å². The van der Waals surface area contributed by atoms with E-state index in [1.807, 2.05) is 0 Å². The zero-order valence-corrected chi connectivity index (χ0v) is 18.2. The van der Waals surface area contributed by atoms with Crippen LogP contribution in [0.1, 0.15) is 90.9 Å². The van der Waals surface area contributed by atoms with Gasteiger partial charge in [-0.3, -0.25) is 0 Å². The maximum absolute atomic E-state index is 6.07. The predicted octanol–water partition coefficient (Wildman–Crippen LogP) is 8.32. The lowest BCUT2D eigenvalue weighted by Gasteiger charge is -2.11. The Balaban J connectivity index is 1.75. The minimum Gasteiger partial charge on any atom is -0.494 e. The van der Waals surface area contributed by atoms with E-state index in [9.17, 15) is 0 Å². The summed E-state index contributed by atoms with van der Waals surface area (Å²) >= 11 is 0. The molecule has 2 aromatic rings. The van der Waals surface area contributed by atoms with E-state index in [2.05, 4.69) is 50.2 Å². The van der Waals surface area contributed by atoms with Crippen LogP contribution in [0.15, 0.2) is 36.4 Å². The molecule has 2 aromatic carbocycles. The van der Waals surface area contributed by atoms with Crippen molar-refractivity contribution in [3.05, 3.63) is 36.4 Å². The molecule has 0 heterocycles. The van der Waals surface area contributed by atoms with E-state index in [0.29, 0.717) is 0 Å². The molecule has 0 saturated heterocycles. The zero-order valence-electron chi connectivity index (χ0n) is 18.2. The maximum Gasteiger partial charge on any atom is 0.127 e. The van der Waals surface area contributed by atoms with Crippen molar-refractivity contribution >= 4 is 10.8 Å². The van der Waals surface area contributed by atoms with Crippen LogP contribution in [0.4, 0.5) is 0 Å². The maximum atomic E-state index is 6.07. The van der Waals surface area contributed by atoms with Crippen molar-refractivity contribution in [2.24, 2.45) is 0 Å². The Labute approximate surface area is 172 Å². The van der Waals surface area contributed by atoms with Gasteiger partial charge in [0.2, 0.25) is 0 Å². The fourth-order valence-corrected chi connectivity index (χ4v) is 3.58. The second-order valence-corrected chi connectivity index (χ2v) is 7.87. The van der Waals surface area contributed by atoms with Gasteiger partial charge in [0.05, 0.1) is 13.2 Å². The molecule has 0 aliphatic rings. The van der Waals surface area contributed by atoms with E-state index in [4.69, 9.17) is 9.47 Å². The SMILES string of the molecule is CCCCCCCCOc1ccc2c(OCCCCCCCC)cccc2c1. The molecule has 0 spiro atoms. The van der Waals surface area contributed by atoms with Gasteiger partial charge in [-0.25, -0.2) is 0 Å². The largest absolute Gasteiger partial charge is 0.494 e. The molecular weight excluding hydrogens is 344 g/mol. The first-order valence-corrected chi connectivity index (χ1v) is 11.6. The molecule has 0 unspecified atom stereocenters. The Kier molecular flexibility index (Phi) is 11.6. The quantitative estimate of drug-likeness (QED) is 0.271. The first-order chi connectivity index (χ1) is 13.8. The van der Waals surface area contributed by atoms with Gasteiger partial charge in [-0.15, -0.1) is 0 Å².